The number of Topliss-reactive ketones (excluding diaryl/α,β-unsaturated/α-hetero) is 1. The van der Waals surface area contributed by atoms with Gasteiger partial charge in [-0.3, -0.25) is 4.79 Å². The molecule has 3 heteroatoms. The maximum atomic E-state index is 11.9. The highest BCUT2D eigenvalue weighted by molar-refractivity contribution is 6.31. The third kappa shape index (κ3) is 3.05. The van der Waals surface area contributed by atoms with E-state index in [9.17, 15) is 4.79 Å². The van der Waals surface area contributed by atoms with E-state index >= 15 is 0 Å². The number of ketones is 1. The van der Waals surface area contributed by atoms with Gasteiger partial charge in [-0.2, -0.15) is 0 Å². The molecule has 0 bridgehead atoms. The minimum atomic E-state index is -0.0335. The highest BCUT2D eigenvalue weighted by Crippen LogP contribution is 2.19. The van der Waals surface area contributed by atoms with Crippen LogP contribution in [-0.2, 0) is 0 Å². The molecular weight excluding hydrogens is 210 g/mol. The zero-order valence-corrected chi connectivity index (χ0v) is 9.84. The molecule has 0 saturated carbocycles. The molecule has 1 unspecified atom stereocenters. The van der Waals surface area contributed by atoms with E-state index in [4.69, 9.17) is 17.3 Å². The molecule has 0 aliphatic carbocycles. The van der Waals surface area contributed by atoms with Crippen LogP contribution in [0.25, 0.3) is 0 Å². The number of carbonyl (C=O) groups excluding carboxylic acids is 1. The number of benzene rings is 1. The van der Waals surface area contributed by atoms with Gasteiger partial charge in [0.05, 0.1) is 0 Å². The molecule has 1 atom stereocenters. The Hall–Kier alpha value is -0.860. The molecule has 82 valence electrons. The Bertz CT molecular complexity index is 363. The Kier molecular flexibility index (Phi) is 4.30. The Morgan fingerprint density at radius 2 is 2.20 bits per heavy atom. The van der Waals surface area contributed by atoms with Crippen LogP contribution in [0.1, 0.15) is 29.3 Å². The quantitative estimate of drug-likeness (QED) is 0.801. The van der Waals surface area contributed by atoms with Gasteiger partial charge in [0.25, 0.3) is 0 Å². The topological polar surface area (TPSA) is 43.1 Å². The summed E-state index contributed by atoms with van der Waals surface area (Å²) in [6, 6.07) is 5.41. The van der Waals surface area contributed by atoms with E-state index in [1.807, 2.05) is 26.0 Å². The molecule has 2 N–H and O–H groups in total. The van der Waals surface area contributed by atoms with Crippen LogP contribution in [-0.4, -0.2) is 12.3 Å². The van der Waals surface area contributed by atoms with Gasteiger partial charge in [-0.25, -0.2) is 0 Å². The van der Waals surface area contributed by atoms with E-state index in [0.717, 1.165) is 5.56 Å². The number of rotatable bonds is 4. The van der Waals surface area contributed by atoms with Gasteiger partial charge in [-0.05, 0) is 31.5 Å². The molecule has 0 aliphatic heterocycles. The molecule has 1 aromatic rings. The van der Waals surface area contributed by atoms with E-state index in [1.165, 1.54) is 0 Å². The summed E-state index contributed by atoms with van der Waals surface area (Å²) in [5.74, 6) is 0.0797. The highest BCUT2D eigenvalue weighted by atomic mass is 35.5. The van der Waals surface area contributed by atoms with E-state index in [-0.39, 0.29) is 11.7 Å². The molecule has 1 rings (SSSR count). The first-order chi connectivity index (χ1) is 7.06. The van der Waals surface area contributed by atoms with E-state index in [2.05, 4.69) is 0 Å². The molecule has 0 aromatic heterocycles. The van der Waals surface area contributed by atoms with E-state index < -0.39 is 0 Å². The summed E-state index contributed by atoms with van der Waals surface area (Å²) in [7, 11) is 0. The summed E-state index contributed by atoms with van der Waals surface area (Å²) < 4.78 is 0. The smallest absolute Gasteiger partial charge is 0.165 e. The van der Waals surface area contributed by atoms with Crippen molar-refractivity contribution in [1.82, 2.24) is 0 Å². The number of hydrogen-bond donors (Lipinski definition) is 1. The van der Waals surface area contributed by atoms with Crippen LogP contribution in [0.15, 0.2) is 18.2 Å². The molecule has 0 radical (unpaired) electrons. The summed E-state index contributed by atoms with van der Waals surface area (Å²) in [4.78, 5) is 11.9. The minimum Gasteiger partial charge on any atom is -0.330 e. The summed E-state index contributed by atoms with van der Waals surface area (Å²) >= 11 is 5.96. The van der Waals surface area contributed by atoms with E-state index in [1.54, 1.807) is 6.07 Å². The number of carbonyl (C=O) groups is 1. The van der Waals surface area contributed by atoms with Crippen molar-refractivity contribution in [1.29, 1.82) is 0 Å². The van der Waals surface area contributed by atoms with Gasteiger partial charge < -0.3 is 5.73 Å². The predicted octanol–water partition coefficient (Wildman–Crippen LogP) is 2.82. The average Bonchev–Trinajstić information content (AvgIpc) is 2.21. The molecule has 15 heavy (non-hydrogen) atoms. The van der Waals surface area contributed by atoms with Crippen LogP contribution in [0.3, 0.4) is 0 Å². The molecule has 0 spiro atoms. The second-order valence-corrected chi connectivity index (χ2v) is 4.21. The molecule has 2 nitrogen and oxygen atoms in total. The van der Waals surface area contributed by atoms with Crippen molar-refractivity contribution in [2.24, 2.45) is 11.7 Å². The van der Waals surface area contributed by atoms with Crippen LogP contribution >= 0.6 is 11.6 Å². The molecule has 0 fully saturated rings. The lowest BCUT2D eigenvalue weighted by atomic mass is 9.96. The van der Waals surface area contributed by atoms with Crippen molar-refractivity contribution in [3.05, 3.63) is 34.3 Å². The maximum absolute atomic E-state index is 11.9. The van der Waals surface area contributed by atoms with Gasteiger partial charge in [0, 0.05) is 16.5 Å². The van der Waals surface area contributed by atoms with Crippen LogP contribution in [0, 0.1) is 12.8 Å². The molecular formula is C12H16ClNO. The minimum absolute atomic E-state index is 0.0335. The standard InChI is InChI=1S/C12H16ClNO/c1-8-3-4-10(7-11(8)13)12(15)9(2)5-6-14/h3-4,7,9H,5-6,14H2,1-2H3. The van der Waals surface area contributed by atoms with Crippen molar-refractivity contribution in [2.75, 3.05) is 6.54 Å². The van der Waals surface area contributed by atoms with Gasteiger partial charge in [0.2, 0.25) is 0 Å². The van der Waals surface area contributed by atoms with Crippen LogP contribution in [0.4, 0.5) is 0 Å². The Labute approximate surface area is 95.4 Å². The summed E-state index contributed by atoms with van der Waals surface area (Å²) in [5, 5.41) is 0.640. The number of hydrogen-bond acceptors (Lipinski definition) is 2. The van der Waals surface area contributed by atoms with Crippen molar-refractivity contribution >= 4 is 17.4 Å². The van der Waals surface area contributed by atoms with Gasteiger partial charge in [0.15, 0.2) is 5.78 Å². The van der Waals surface area contributed by atoms with Crippen molar-refractivity contribution < 1.29 is 4.79 Å². The van der Waals surface area contributed by atoms with Gasteiger partial charge in [0.1, 0.15) is 0 Å². The van der Waals surface area contributed by atoms with Crippen LogP contribution in [0.5, 0.6) is 0 Å². The lowest BCUT2D eigenvalue weighted by molar-refractivity contribution is 0.0925. The fourth-order valence-electron chi connectivity index (χ4n) is 1.41. The Morgan fingerprint density at radius 3 is 2.73 bits per heavy atom. The fraction of sp³-hybridized carbons (Fsp3) is 0.417. The number of nitrogens with two attached hydrogens (primary N) is 1. The van der Waals surface area contributed by atoms with Crippen LogP contribution in [0.2, 0.25) is 5.02 Å². The largest absolute Gasteiger partial charge is 0.330 e. The lowest BCUT2D eigenvalue weighted by Crippen LogP contribution is -2.15. The molecule has 0 saturated heterocycles. The second kappa shape index (κ2) is 5.29. The molecule has 0 heterocycles. The summed E-state index contributed by atoms with van der Waals surface area (Å²) in [6.45, 7) is 4.34. The SMILES string of the molecule is Cc1ccc(C(=O)C(C)CCN)cc1Cl. The van der Waals surface area contributed by atoms with Crippen molar-refractivity contribution in [3.63, 3.8) is 0 Å². The summed E-state index contributed by atoms with van der Waals surface area (Å²) in [6.07, 6.45) is 0.713. The zero-order chi connectivity index (χ0) is 11.4. The third-order valence-electron chi connectivity index (χ3n) is 2.50. The predicted molar refractivity (Wildman–Crippen MR) is 63.4 cm³/mol. The number of halogens is 1. The second-order valence-electron chi connectivity index (χ2n) is 3.81. The third-order valence-corrected chi connectivity index (χ3v) is 2.91. The van der Waals surface area contributed by atoms with Gasteiger partial charge >= 0.3 is 0 Å². The van der Waals surface area contributed by atoms with Crippen molar-refractivity contribution in [2.45, 2.75) is 20.3 Å². The van der Waals surface area contributed by atoms with Crippen LogP contribution < -0.4 is 5.73 Å². The lowest BCUT2D eigenvalue weighted by Gasteiger charge is -2.09. The highest BCUT2D eigenvalue weighted by Gasteiger charge is 2.14. The first kappa shape index (κ1) is 12.2. The van der Waals surface area contributed by atoms with Gasteiger partial charge in [-0.15, -0.1) is 0 Å². The first-order valence-electron chi connectivity index (χ1n) is 5.06. The number of aryl methyl sites for hydroxylation is 1. The van der Waals surface area contributed by atoms with Crippen molar-refractivity contribution in [3.8, 4) is 0 Å². The molecule has 0 amide bonds. The molecule has 0 aliphatic rings. The monoisotopic (exact) mass is 225 g/mol. The normalized spacial score (nSPS) is 12.5. The maximum Gasteiger partial charge on any atom is 0.165 e. The zero-order valence-electron chi connectivity index (χ0n) is 9.09. The molecule has 1 aromatic carbocycles. The summed E-state index contributed by atoms with van der Waals surface area (Å²) in [5.41, 5.74) is 7.08. The van der Waals surface area contributed by atoms with E-state index in [0.29, 0.717) is 23.6 Å². The Balaban J connectivity index is 2.87. The average molecular weight is 226 g/mol. The fourth-order valence-corrected chi connectivity index (χ4v) is 1.59. The van der Waals surface area contributed by atoms with Gasteiger partial charge in [-0.1, -0.05) is 30.7 Å². The Morgan fingerprint density at radius 1 is 1.53 bits per heavy atom. The first-order valence-corrected chi connectivity index (χ1v) is 5.44.